The molecule has 0 aromatic heterocycles. The third kappa shape index (κ3) is 6.19. The highest BCUT2D eigenvalue weighted by Gasteiger charge is 2.09. The van der Waals surface area contributed by atoms with E-state index in [4.69, 9.17) is 9.84 Å². The molecule has 0 saturated carbocycles. The number of hydrazone groups is 1. The number of ether oxygens (including phenoxy) is 1. The molecule has 0 spiro atoms. The molecule has 0 atom stereocenters. The summed E-state index contributed by atoms with van der Waals surface area (Å²) in [6, 6.07) is 6.38. The van der Waals surface area contributed by atoms with Gasteiger partial charge in [-0.15, -0.1) is 0 Å². The van der Waals surface area contributed by atoms with Crippen molar-refractivity contribution in [1.82, 2.24) is 10.7 Å². The third-order valence-electron chi connectivity index (χ3n) is 2.17. The van der Waals surface area contributed by atoms with Crippen LogP contribution in [0, 0.1) is 0 Å². The summed E-state index contributed by atoms with van der Waals surface area (Å²) in [6.45, 7) is 1.63. The second kappa shape index (κ2) is 8.31. The van der Waals surface area contributed by atoms with Crippen molar-refractivity contribution >= 4 is 24.0 Å². The molecule has 0 heterocycles. The van der Waals surface area contributed by atoms with Crippen molar-refractivity contribution in [3.63, 3.8) is 0 Å². The van der Waals surface area contributed by atoms with Crippen molar-refractivity contribution in [2.45, 2.75) is 6.92 Å². The van der Waals surface area contributed by atoms with E-state index in [0.717, 1.165) is 0 Å². The second-order valence-electron chi connectivity index (χ2n) is 3.81. The summed E-state index contributed by atoms with van der Waals surface area (Å²) in [6.07, 6.45) is 1.35. The van der Waals surface area contributed by atoms with Crippen LogP contribution in [0.1, 0.15) is 12.5 Å². The number of carboxylic acids is 1. The fourth-order valence-electron chi connectivity index (χ4n) is 1.25. The van der Waals surface area contributed by atoms with Crippen molar-refractivity contribution in [1.29, 1.82) is 0 Å². The largest absolute Gasteiger partial charge is 0.482 e. The molecule has 1 aromatic rings. The van der Waals surface area contributed by atoms with Gasteiger partial charge in [-0.2, -0.15) is 5.10 Å². The summed E-state index contributed by atoms with van der Waals surface area (Å²) in [4.78, 5) is 32.6. The van der Waals surface area contributed by atoms with Crippen LogP contribution in [-0.2, 0) is 14.4 Å². The number of likely N-dealkylation sites (N-methyl/N-ethyl adjacent to an activating group) is 1. The molecule has 1 rings (SSSR count). The van der Waals surface area contributed by atoms with Crippen molar-refractivity contribution in [2.24, 2.45) is 5.10 Å². The first-order chi connectivity index (χ1) is 10.0. The number of aliphatic carboxylic acids is 1. The molecule has 0 aliphatic rings. The fourth-order valence-corrected chi connectivity index (χ4v) is 1.25. The van der Waals surface area contributed by atoms with E-state index in [-0.39, 0.29) is 0 Å². The molecule has 112 valence electrons. The number of hydrogen-bond donors (Lipinski definition) is 3. The van der Waals surface area contributed by atoms with E-state index < -0.39 is 24.4 Å². The zero-order chi connectivity index (χ0) is 15.7. The van der Waals surface area contributed by atoms with Crippen molar-refractivity contribution in [3.05, 3.63) is 29.8 Å². The molecule has 0 saturated heterocycles. The van der Waals surface area contributed by atoms with Crippen LogP contribution in [0.5, 0.6) is 5.75 Å². The molecule has 0 fully saturated rings. The van der Waals surface area contributed by atoms with Crippen LogP contribution >= 0.6 is 0 Å². The molecular weight excluding hydrogens is 278 g/mol. The van der Waals surface area contributed by atoms with Crippen molar-refractivity contribution in [3.8, 4) is 5.75 Å². The number of hydrogen-bond acceptors (Lipinski definition) is 5. The predicted molar refractivity (Wildman–Crippen MR) is 74.0 cm³/mol. The lowest BCUT2D eigenvalue weighted by atomic mass is 10.2. The monoisotopic (exact) mass is 293 g/mol. The first-order valence-corrected chi connectivity index (χ1v) is 6.08. The van der Waals surface area contributed by atoms with Crippen LogP contribution in [0.2, 0.25) is 0 Å². The minimum atomic E-state index is -1.06. The molecule has 0 radical (unpaired) electrons. The Labute approximate surface area is 120 Å². The summed E-state index contributed by atoms with van der Waals surface area (Å²) in [5.74, 6) is -2.27. The zero-order valence-corrected chi connectivity index (χ0v) is 11.3. The van der Waals surface area contributed by atoms with Crippen LogP contribution in [-0.4, -0.2) is 42.3 Å². The summed E-state index contributed by atoms with van der Waals surface area (Å²) >= 11 is 0. The van der Waals surface area contributed by atoms with E-state index >= 15 is 0 Å². The summed E-state index contributed by atoms with van der Waals surface area (Å²) < 4.78 is 4.96. The number of nitrogens with zero attached hydrogens (tertiary/aromatic N) is 1. The maximum absolute atomic E-state index is 11.2. The normalized spacial score (nSPS) is 10.1. The van der Waals surface area contributed by atoms with Gasteiger partial charge in [-0.05, 0) is 36.8 Å². The number of amides is 2. The van der Waals surface area contributed by atoms with Crippen LogP contribution in [0.15, 0.2) is 29.4 Å². The minimum absolute atomic E-state index is 0.355. The van der Waals surface area contributed by atoms with Gasteiger partial charge in [0.1, 0.15) is 5.75 Å². The number of carbonyl (C=O) groups excluding carboxylic acids is 2. The van der Waals surface area contributed by atoms with Gasteiger partial charge < -0.3 is 15.2 Å². The molecule has 0 unspecified atom stereocenters. The zero-order valence-electron chi connectivity index (χ0n) is 11.3. The first kappa shape index (κ1) is 16.2. The highest BCUT2D eigenvalue weighted by atomic mass is 16.5. The van der Waals surface area contributed by atoms with Crippen molar-refractivity contribution in [2.75, 3.05) is 13.2 Å². The summed E-state index contributed by atoms with van der Waals surface area (Å²) in [7, 11) is 0. The summed E-state index contributed by atoms with van der Waals surface area (Å²) in [5, 5.41) is 14.4. The van der Waals surface area contributed by atoms with Gasteiger partial charge in [0.25, 0.3) is 0 Å². The average molecular weight is 293 g/mol. The molecule has 3 N–H and O–H groups in total. The number of benzene rings is 1. The van der Waals surface area contributed by atoms with E-state index in [1.54, 1.807) is 31.2 Å². The molecule has 0 aliphatic heterocycles. The van der Waals surface area contributed by atoms with Gasteiger partial charge >= 0.3 is 17.8 Å². The second-order valence-corrected chi connectivity index (χ2v) is 3.81. The van der Waals surface area contributed by atoms with Gasteiger partial charge in [-0.1, -0.05) is 0 Å². The van der Waals surface area contributed by atoms with E-state index in [2.05, 4.69) is 15.8 Å². The van der Waals surface area contributed by atoms with Gasteiger partial charge in [0, 0.05) is 6.54 Å². The maximum atomic E-state index is 11.2. The number of carboxylic acid groups (broad SMARTS) is 1. The number of nitrogens with one attached hydrogen (secondary N) is 2. The third-order valence-corrected chi connectivity index (χ3v) is 2.17. The molecule has 0 aliphatic carbocycles. The summed E-state index contributed by atoms with van der Waals surface area (Å²) in [5.41, 5.74) is 2.73. The Morgan fingerprint density at radius 3 is 2.48 bits per heavy atom. The first-order valence-electron chi connectivity index (χ1n) is 6.08. The van der Waals surface area contributed by atoms with Crippen molar-refractivity contribution < 1.29 is 24.2 Å². The quantitative estimate of drug-likeness (QED) is 0.379. The highest BCUT2D eigenvalue weighted by molar-refractivity contribution is 6.35. The van der Waals surface area contributed by atoms with Gasteiger partial charge in [0.2, 0.25) is 0 Å². The Morgan fingerprint density at radius 2 is 1.90 bits per heavy atom. The number of carbonyl (C=O) groups is 3. The van der Waals surface area contributed by atoms with Gasteiger partial charge in [0.15, 0.2) is 6.61 Å². The van der Waals surface area contributed by atoms with Crippen LogP contribution in [0.4, 0.5) is 0 Å². The average Bonchev–Trinajstić information content (AvgIpc) is 2.46. The maximum Gasteiger partial charge on any atom is 0.341 e. The predicted octanol–water partition coefficient (Wildman–Crippen LogP) is -0.264. The Bertz CT molecular complexity index is 539. The topological polar surface area (TPSA) is 117 Å². The van der Waals surface area contributed by atoms with Gasteiger partial charge in [-0.3, -0.25) is 9.59 Å². The van der Waals surface area contributed by atoms with E-state index in [1.165, 1.54) is 6.21 Å². The molecule has 1 aromatic carbocycles. The molecule has 8 heteroatoms. The van der Waals surface area contributed by atoms with E-state index in [1.807, 2.05) is 0 Å². The molecule has 8 nitrogen and oxygen atoms in total. The molecule has 0 bridgehead atoms. The molecular formula is C13H15N3O5. The Balaban J connectivity index is 2.48. The van der Waals surface area contributed by atoms with E-state index in [9.17, 15) is 14.4 Å². The number of rotatable bonds is 6. The van der Waals surface area contributed by atoms with Crippen LogP contribution < -0.4 is 15.5 Å². The Kier molecular flexibility index (Phi) is 6.39. The van der Waals surface area contributed by atoms with Gasteiger partial charge in [-0.25, -0.2) is 10.2 Å². The Hall–Kier alpha value is -2.90. The highest BCUT2D eigenvalue weighted by Crippen LogP contribution is 2.10. The minimum Gasteiger partial charge on any atom is -0.482 e. The lowest BCUT2D eigenvalue weighted by Gasteiger charge is -2.02. The molecule has 2 amide bonds. The van der Waals surface area contributed by atoms with Gasteiger partial charge in [0.05, 0.1) is 6.21 Å². The standard InChI is InChI=1S/C13H15N3O5/c1-2-14-12(19)13(20)16-15-7-9-3-5-10(6-4-9)21-8-11(17)18/h3-7H,2,8H2,1H3,(H,14,19)(H,16,20)(H,17,18)/b15-7-. The Morgan fingerprint density at radius 1 is 1.24 bits per heavy atom. The molecule has 21 heavy (non-hydrogen) atoms. The fraction of sp³-hybridized carbons (Fsp3) is 0.231. The smallest absolute Gasteiger partial charge is 0.341 e. The lowest BCUT2D eigenvalue weighted by molar-refractivity contribution is -0.139. The SMILES string of the molecule is CCNC(=O)C(=O)N/N=C\c1ccc(OCC(=O)O)cc1. The van der Waals surface area contributed by atoms with Crippen LogP contribution in [0.25, 0.3) is 0 Å². The van der Waals surface area contributed by atoms with Crippen LogP contribution in [0.3, 0.4) is 0 Å². The van der Waals surface area contributed by atoms with E-state index in [0.29, 0.717) is 17.9 Å². The lowest BCUT2D eigenvalue weighted by Crippen LogP contribution is -2.37.